The lowest BCUT2D eigenvalue weighted by Crippen LogP contribution is -1.99. The second-order valence-electron chi connectivity index (χ2n) is 4.58. The SMILES string of the molecule is CC(=O)OCc1ccc2ccc(COC(C)=O)cc2c1. The monoisotopic (exact) mass is 272 g/mol. The van der Waals surface area contributed by atoms with E-state index in [-0.39, 0.29) is 25.2 Å². The van der Waals surface area contributed by atoms with E-state index < -0.39 is 0 Å². The maximum absolute atomic E-state index is 10.8. The molecule has 0 spiro atoms. The third-order valence-corrected chi connectivity index (χ3v) is 2.85. The Kier molecular flexibility index (Phi) is 4.35. The van der Waals surface area contributed by atoms with E-state index in [2.05, 4.69) is 0 Å². The number of carbonyl (C=O) groups excluding carboxylic acids is 2. The van der Waals surface area contributed by atoms with Gasteiger partial charge in [-0.3, -0.25) is 9.59 Å². The van der Waals surface area contributed by atoms with Gasteiger partial charge in [0.05, 0.1) is 0 Å². The summed E-state index contributed by atoms with van der Waals surface area (Å²) in [4.78, 5) is 21.6. The van der Waals surface area contributed by atoms with Crippen molar-refractivity contribution in [2.45, 2.75) is 27.1 Å². The van der Waals surface area contributed by atoms with Gasteiger partial charge in [0.25, 0.3) is 0 Å². The minimum absolute atomic E-state index is 0.263. The van der Waals surface area contributed by atoms with Gasteiger partial charge < -0.3 is 9.47 Å². The topological polar surface area (TPSA) is 52.6 Å². The van der Waals surface area contributed by atoms with Crippen LogP contribution in [0.1, 0.15) is 25.0 Å². The van der Waals surface area contributed by atoms with Crippen LogP contribution in [0.5, 0.6) is 0 Å². The lowest BCUT2D eigenvalue weighted by molar-refractivity contribution is -0.143. The smallest absolute Gasteiger partial charge is 0.302 e. The van der Waals surface area contributed by atoms with Gasteiger partial charge in [-0.05, 0) is 34.0 Å². The van der Waals surface area contributed by atoms with Gasteiger partial charge in [-0.25, -0.2) is 0 Å². The number of rotatable bonds is 4. The Morgan fingerprint density at radius 3 is 1.65 bits per heavy atom. The number of benzene rings is 2. The Labute approximate surface area is 117 Å². The molecule has 0 aromatic heterocycles. The summed E-state index contributed by atoms with van der Waals surface area (Å²) in [5, 5.41) is 2.11. The Bertz CT molecular complexity index is 593. The average Bonchev–Trinajstić information content (AvgIpc) is 2.42. The minimum atomic E-state index is -0.297. The van der Waals surface area contributed by atoms with Crippen LogP contribution in [0, 0.1) is 0 Å². The molecule has 0 unspecified atom stereocenters. The van der Waals surface area contributed by atoms with E-state index in [1.807, 2.05) is 36.4 Å². The molecule has 0 saturated carbocycles. The van der Waals surface area contributed by atoms with Crippen molar-refractivity contribution in [1.82, 2.24) is 0 Å². The Hall–Kier alpha value is -2.36. The molecule has 4 heteroatoms. The standard InChI is InChI=1S/C16H16O4/c1-11(17)19-9-13-3-5-15-6-4-14(8-16(15)7-13)10-20-12(2)18/h3-8H,9-10H2,1-2H3. The van der Waals surface area contributed by atoms with Crippen molar-refractivity contribution in [3.63, 3.8) is 0 Å². The van der Waals surface area contributed by atoms with Gasteiger partial charge >= 0.3 is 11.9 Å². The lowest BCUT2D eigenvalue weighted by atomic mass is 10.0. The molecule has 0 atom stereocenters. The van der Waals surface area contributed by atoms with Crippen molar-refractivity contribution in [3.8, 4) is 0 Å². The van der Waals surface area contributed by atoms with Crippen LogP contribution in [0.25, 0.3) is 10.8 Å². The summed E-state index contributed by atoms with van der Waals surface area (Å²) >= 11 is 0. The van der Waals surface area contributed by atoms with Gasteiger partial charge in [0, 0.05) is 13.8 Å². The van der Waals surface area contributed by atoms with Crippen LogP contribution >= 0.6 is 0 Å². The Morgan fingerprint density at radius 2 is 1.25 bits per heavy atom. The molecule has 0 bridgehead atoms. The summed E-state index contributed by atoms with van der Waals surface area (Å²) in [7, 11) is 0. The van der Waals surface area contributed by atoms with E-state index in [1.54, 1.807) is 0 Å². The van der Waals surface area contributed by atoms with Crippen LogP contribution in [0.3, 0.4) is 0 Å². The first-order chi connectivity index (χ1) is 9.54. The Morgan fingerprint density at radius 1 is 0.800 bits per heavy atom. The number of esters is 2. The van der Waals surface area contributed by atoms with E-state index >= 15 is 0 Å². The predicted molar refractivity (Wildman–Crippen MR) is 74.9 cm³/mol. The van der Waals surface area contributed by atoms with Crippen LogP contribution in [0.2, 0.25) is 0 Å². The third kappa shape index (κ3) is 3.82. The predicted octanol–water partition coefficient (Wildman–Crippen LogP) is 2.97. The quantitative estimate of drug-likeness (QED) is 0.803. The van der Waals surface area contributed by atoms with Crippen molar-refractivity contribution in [1.29, 1.82) is 0 Å². The molecule has 0 aliphatic carbocycles. The lowest BCUT2D eigenvalue weighted by Gasteiger charge is -2.07. The highest BCUT2D eigenvalue weighted by Gasteiger charge is 2.02. The van der Waals surface area contributed by atoms with Crippen LogP contribution in [0.4, 0.5) is 0 Å². The van der Waals surface area contributed by atoms with Crippen molar-refractivity contribution >= 4 is 22.7 Å². The van der Waals surface area contributed by atoms with Crippen molar-refractivity contribution in [2.75, 3.05) is 0 Å². The Balaban J connectivity index is 2.20. The molecule has 4 nitrogen and oxygen atoms in total. The number of ether oxygens (including phenoxy) is 2. The van der Waals surface area contributed by atoms with Gasteiger partial charge in [0.15, 0.2) is 0 Å². The maximum atomic E-state index is 10.8. The summed E-state index contributed by atoms with van der Waals surface area (Å²) in [6, 6.07) is 11.7. The minimum Gasteiger partial charge on any atom is -0.461 e. The van der Waals surface area contributed by atoms with Crippen molar-refractivity contribution in [2.24, 2.45) is 0 Å². The number of fused-ring (bicyclic) bond motifs is 1. The summed E-state index contributed by atoms with van der Waals surface area (Å²) in [6.07, 6.45) is 0. The fraction of sp³-hybridized carbons (Fsp3) is 0.250. The molecular weight excluding hydrogens is 256 g/mol. The zero-order chi connectivity index (χ0) is 14.5. The van der Waals surface area contributed by atoms with Crippen LogP contribution in [-0.4, -0.2) is 11.9 Å². The van der Waals surface area contributed by atoms with Gasteiger partial charge in [-0.1, -0.05) is 24.3 Å². The molecule has 0 aliphatic heterocycles. The number of carbonyl (C=O) groups is 2. The second-order valence-corrected chi connectivity index (χ2v) is 4.58. The third-order valence-electron chi connectivity index (χ3n) is 2.85. The van der Waals surface area contributed by atoms with E-state index in [9.17, 15) is 9.59 Å². The highest BCUT2D eigenvalue weighted by molar-refractivity contribution is 5.84. The van der Waals surface area contributed by atoms with Crippen molar-refractivity contribution in [3.05, 3.63) is 47.5 Å². The molecule has 0 radical (unpaired) electrons. The first-order valence-electron chi connectivity index (χ1n) is 6.33. The second kappa shape index (κ2) is 6.19. The van der Waals surface area contributed by atoms with E-state index in [0.29, 0.717) is 0 Å². The van der Waals surface area contributed by atoms with Crippen LogP contribution < -0.4 is 0 Å². The molecule has 0 heterocycles. The molecule has 2 rings (SSSR count). The summed E-state index contributed by atoms with van der Waals surface area (Å²) in [5.74, 6) is -0.595. The molecule has 20 heavy (non-hydrogen) atoms. The molecule has 2 aromatic rings. The van der Waals surface area contributed by atoms with E-state index in [1.165, 1.54) is 13.8 Å². The van der Waals surface area contributed by atoms with E-state index in [4.69, 9.17) is 9.47 Å². The van der Waals surface area contributed by atoms with Crippen molar-refractivity contribution < 1.29 is 19.1 Å². The molecule has 0 amide bonds. The fourth-order valence-electron chi connectivity index (χ4n) is 1.90. The van der Waals surface area contributed by atoms with Crippen LogP contribution in [-0.2, 0) is 32.3 Å². The number of hydrogen-bond donors (Lipinski definition) is 0. The fourth-order valence-corrected chi connectivity index (χ4v) is 1.90. The molecule has 104 valence electrons. The number of hydrogen-bond acceptors (Lipinski definition) is 4. The molecule has 0 fully saturated rings. The first-order valence-corrected chi connectivity index (χ1v) is 6.33. The van der Waals surface area contributed by atoms with Gasteiger partial charge in [-0.15, -0.1) is 0 Å². The summed E-state index contributed by atoms with van der Waals surface area (Å²) in [5.41, 5.74) is 1.86. The first kappa shape index (κ1) is 14.1. The van der Waals surface area contributed by atoms with Gasteiger partial charge in [-0.2, -0.15) is 0 Å². The zero-order valence-corrected chi connectivity index (χ0v) is 11.5. The average molecular weight is 272 g/mol. The molecule has 0 aliphatic rings. The van der Waals surface area contributed by atoms with Crippen LogP contribution in [0.15, 0.2) is 36.4 Å². The molecular formula is C16H16O4. The summed E-state index contributed by atoms with van der Waals surface area (Å²) in [6.45, 7) is 3.30. The highest BCUT2D eigenvalue weighted by atomic mass is 16.5. The zero-order valence-electron chi connectivity index (χ0n) is 11.5. The summed E-state index contributed by atoms with van der Waals surface area (Å²) < 4.78 is 9.96. The largest absolute Gasteiger partial charge is 0.461 e. The molecule has 2 aromatic carbocycles. The molecule has 0 saturated heterocycles. The molecule has 0 N–H and O–H groups in total. The van der Waals surface area contributed by atoms with Gasteiger partial charge in [0.1, 0.15) is 13.2 Å². The van der Waals surface area contributed by atoms with Gasteiger partial charge in [0.2, 0.25) is 0 Å². The van der Waals surface area contributed by atoms with E-state index in [0.717, 1.165) is 21.9 Å². The maximum Gasteiger partial charge on any atom is 0.302 e. The highest BCUT2D eigenvalue weighted by Crippen LogP contribution is 2.19. The normalized spacial score (nSPS) is 10.3.